The van der Waals surface area contributed by atoms with Gasteiger partial charge >= 0.3 is 0 Å². The first kappa shape index (κ1) is 19.6. The number of aromatic nitrogens is 3. The van der Waals surface area contributed by atoms with Gasteiger partial charge in [-0.1, -0.05) is 6.07 Å². The molecule has 0 saturated heterocycles. The van der Waals surface area contributed by atoms with E-state index >= 15 is 0 Å². The Balaban J connectivity index is 1.65. The first-order valence-electron chi connectivity index (χ1n) is 8.59. The van der Waals surface area contributed by atoms with Gasteiger partial charge in [-0.05, 0) is 48.5 Å². The molecule has 0 unspecified atom stereocenters. The summed E-state index contributed by atoms with van der Waals surface area (Å²) in [5.41, 5.74) is 1.05. The Morgan fingerprint density at radius 3 is 2.79 bits per heavy atom. The van der Waals surface area contributed by atoms with Crippen molar-refractivity contribution in [3.63, 3.8) is 0 Å². The van der Waals surface area contributed by atoms with Crippen molar-refractivity contribution in [3.8, 4) is 11.5 Å². The van der Waals surface area contributed by atoms with Crippen molar-refractivity contribution in [3.05, 3.63) is 57.2 Å². The largest absolute Gasteiger partial charge is 0.493 e. The van der Waals surface area contributed by atoms with Gasteiger partial charge in [0, 0.05) is 12.7 Å². The summed E-state index contributed by atoms with van der Waals surface area (Å²) in [6.45, 7) is 0.250. The predicted molar refractivity (Wildman–Crippen MR) is 107 cm³/mol. The van der Waals surface area contributed by atoms with Crippen LogP contribution in [0.1, 0.15) is 5.56 Å². The number of hydrogen-bond donors (Lipinski definition) is 2. The molecule has 0 atom stereocenters. The Labute approximate surface area is 166 Å². The molecule has 0 fully saturated rings. The molecule has 2 heterocycles. The van der Waals surface area contributed by atoms with Crippen LogP contribution in [0.25, 0.3) is 11.0 Å². The van der Waals surface area contributed by atoms with E-state index in [0.29, 0.717) is 35.5 Å². The highest BCUT2D eigenvalue weighted by molar-refractivity contribution is 7.71. The normalized spacial score (nSPS) is 10.6. The van der Waals surface area contributed by atoms with Gasteiger partial charge in [-0.3, -0.25) is 14.2 Å². The molecule has 0 aliphatic heterocycles. The molecule has 0 aliphatic carbocycles. The summed E-state index contributed by atoms with van der Waals surface area (Å²) in [6, 6.07) is 8.89. The molecule has 2 N–H and O–H groups in total. The molecule has 28 heavy (non-hydrogen) atoms. The van der Waals surface area contributed by atoms with E-state index in [0.717, 1.165) is 5.56 Å². The molecule has 0 spiro atoms. The number of methoxy groups -OCH3 is 2. The number of benzene rings is 1. The number of H-pyrrole nitrogens is 1. The second kappa shape index (κ2) is 8.66. The predicted octanol–water partition coefficient (Wildman–Crippen LogP) is 1.83. The number of carbonyl (C=O) groups excluding carboxylic acids is 1. The van der Waals surface area contributed by atoms with Gasteiger partial charge in [-0.2, -0.15) is 0 Å². The highest BCUT2D eigenvalue weighted by Crippen LogP contribution is 2.27. The van der Waals surface area contributed by atoms with Gasteiger partial charge in [-0.15, -0.1) is 0 Å². The van der Waals surface area contributed by atoms with Crippen LogP contribution in [0.2, 0.25) is 0 Å². The van der Waals surface area contributed by atoms with Crippen molar-refractivity contribution in [2.75, 3.05) is 20.8 Å². The first-order valence-corrected chi connectivity index (χ1v) is 8.99. The zero-order chi connectivity index (χ0) is 20.1. The van der Waals surface area contributed by atoms with Crippen molar-refractivity contribution in [2.45, 2.75) is 13.0 Å². The van der Waals surface area contributed by atoms with Crippen LogP contribution in [-0.2, 0) is 17.8 Å². The molecule has 0 saturated carbocycles. The lowest BCUT2D eigenvalue weighted by Gasteiger charge is -2.11. The van der Waals surface area contributed by atoms with E-state index in [1.54, 1.807) is 32.5 Å². The molecular weight excluding hydrogens is 380 g/mol. The third-order valence-corrected chi connectivity index (χ3v) is 4.56. The molecule has 0 radical (unpaired) electrons. The molecule has 146 valence electrons. The van der Waals surface area contributed by atoms with Crippen LogP contribution in [0.4, 0.5) is 0 Å². The van der Waals surface area contributed by atoms with Crippen molar-refractivity contribution >= 4 is 29.2 Å². The number of pyridine rings is 1. The number of fused-ring (bicyclic) bond motifs is 1. The van der Waals surface area contributed by atoms with Gasteiger partial charge in [0.15, 0.2) is 16.3 Å². The standard InChI is InChI=1S/C19H20N4O4S/c1-26-14-6-5-12(10-15(14)27-2)7-9-20-16(24)11-23-18(25)13-4-3-8-21-17(13)22-19(23)28/h3-6,8,10H,7,9,11H2,1-2H3,(H,20,24)(H,21,22,28). The summed E-state index contributed by atoms with van der Waals surface area (Å²) in [7, 11) is 3.15. The van der Waals surface area contributed by atoms with E-state index in [1.165, 1.54) is 4.57 Å². The number of aromatic amines is 1. The van der Waals surface area contributed by atoms with Gasteiger partial charge in [0.25, 0.3) is 5.56 Å². The van der Waals surface area contributed by atoms with E-state index in [4.69, 9.17) is 21.7 Å². The van der Waals surface area contributed by atoms with Crippen molar-refractivity contribution in [2.24, 2.45) is 0 Å². The summed E-state index contributed by atoms with van der Waals surface area (Å²) >= 11 is 5.19. The van der Waals surface area contributed by atoms with Crippen LogP contribution < -0.4 is 20.3 Å². The average molecular weight is 400 g/mol. The molecule has 3 aromatic rings. The van der Waals surface area contributed by atoms with Crippen LogP contribution >= 0.6 is 12.2 Å². The Hall–Kier alpha value is -3.20. The lowest BCUT2D eigenvalue weighted by molar-refractivity contribution is -0.121. The summed E-state index contributed by atoms with van der Waals surface area (Å²) in [5, 5.41) is 3.19. The lowest BCUT2D eigenvalue weighted by Crippen LogP contribution is -2.34. The number of nitrogens with zero attached hydrogens (tertiary/aromatic N) is 2. The molecule has 0 bridgehead atoms. The maximum absolute atomic E-state index is 12.5. The number of hydrogen-bond acceptors (Lipinski definition) is 6. The molecule has 1 amide bonds. The second-order valence-corrected chi connectivity index (χ2v) is 6.40. The van der Waals surface area contributed by atoms with Crippen LogP contribution in [0.15, 0.2) is 41.3 Å². The lowest BCUT2D eigenvalue weighted by atomic mass is 10.1. The number of carbonyl (C=O) groups is 1. The number of ether oxygens (including phenoxy) is 2. The summed E-state index contributed by atoms with van der Waals surface area (Å²) in [4.78, 5) is 31.8. The van der Waals surface area contributed by atoms with Gasteiger partial charge in [0.2, 0.25) is 5.91 Å². The van der Waals surface area contributed by atoms with Crippen LogP contribution in [0.5, 0.6) is 11.5 Å². The molecule has 9 heteroatoms. The topological polar surface area (TPSA) is 98.2 Å². The minimum absolute atomic E-state index is 0.159. The second-order valence-electron chi connectivity index (χ2n) is 6.01. The molecule has 8 nitrogen and oxygen atoms in total. The smallest absolute Gasteiger partial charge is 0.264 e. The van der Waals surface area contributed by atoms with E-state index < -0.39 is 0 Å². The number of nitrogens with one attached hydrogen (secondary N) is 2. The fraction of sp³-hybridized carbons (Fsp3) is 0.263. The fourth-order valence-electron chi connectivity index (χ4n) is 2.81. The zero-order valence-corrected chi connectivity index (χ0v) is 16.3. The maximum atomic E-state index is 12.5. The Kier molecular flexibility index (Phi) is 6.05. The third kappa shape index (κ3) is 4.20. The van der Waals surface area contributed by atoms with Gasteiger partial charge in [0.1, 0.15) is 12.2 Å². The summed E-state index contributed by atoms with van der Waals surface area (Å²) < 4.78 is 11.9. The summed E-state index contributed by atoms with van der Waals surface area (Å²) in [6.07, 6.45) is 2.17. The van der Waals surface area contributed by atoms with Crippen LogP contribution in [-0.4, -0.2) is 41.2 Å². The number of rotatable bonds is 7. The van der Waals surface area contributed by atoms with Crippen LogP contribution in [0, 0.1) is 4.77 Å². The average Bonchev–Trinajstić information content (AvgIpc) is 2.71. The monoisotopic (exact) mass is 400 g/mol. The van der Waals surface area contributed by atoms with E-state index in [1.807, 2.05) is 18.2 Å². The van der Waals surface area contributed by atoms with E-state index in [2.05, 4.69) is 15.3 Å². The van der Waals surface area contributed by atoms with Crippen molar-refractivity contribution in [1.29, 1.82) is 0 Å². The zero-order valence-electron chi connectivity index (χ0n) is 15.5. The minimum atomic E-state index is -0.345. The molecule has 2 aromatic heterocycles. The quantitative estimate of drug-likeness (QED) is 0.587. The maximum Gasteiger partial charge on any atom is 0.264 e. The highest BCUT2D eigenvalue weighted by atomic mass is 32.1. The van der Waals surface area contributed by atoms with Crippen LogP contribution in [0.3, 0.4) is 0 Å². The SMILES string of the molecule is COc1ccc(CCNC(=O)Cn2c(=S)[nH]c3ncccc3c2=O)cc1OC. The fourth-order valence-corrected chi connectivity index (χ4v) is 3.05. The Morgan fingerprint density at radius 1 is 1.25 bits per heavy atom. The molecule has 1 aromatic carbocycles. The van der Waals surface area contributed by atoms with Crippen molar-refractivity contribution < 1.29 is 14.3 Å². The minimum Gasteiger partial charge on any atom is -0.493 e. The van der Waals surface area contributed by atoms with E-state index in [9.17, 15) is 9.59 Å². The van der Waals surface area contributed by atoms with Gasteiger partial charge < -0.3 is 19.8 Å². The summed E-state index contributed by atoms with van der Waals surface area (Å²) in [5.74, 6) is 0.980. The first-order chi connectivity index (χ1) is 13.5. The molecule has 3 rings (SSSR count). The van der Waals surface area contributed by atoms with Crippen molar-refractivity contribution in [1.82, 2.24) is 19.9 Å². The number of amides is 1. The molecule has 0 aliphatic rings. The molecular formula is C19H20N4O4S. The Bertz CT molecular complexity index is 1120. The van der Waals surface area contributed by atoms with E-state index in [-0.39, 0.29) is 22.8 Å². The highest BCUT2D eigenvalue weighted by Gasteiger charge is 2.10. The van der Waals surface area contributed by atoms with Gasteiger partial charge in [0.05, 0.1) is 19.6 Å². The Morgan fingerprint density at radius 2 is 2.04 bits per heavy atom. The third-order valence-electron chi connectivity index (χ3n) is 4.24. The van der Waals surface area contributed by atoms with Gasteiger partial charge in [-0.25, -0.2) is 4.98 Å².